The van der Waals surface area contributed by atoms with Crippen molar-refractivity contribution in [2.45, 2.75) is 22.9 Å². The molecule has 1 atom stereocenters. The second kappa shape index (κ2) is 8.49. The van der Waals surface area contributed by atoms with Gasteiger partial charge in [0.1, 0.15) is 5.25 Å². The Morgan fingerprint density at radius 2 is 2.00 bits per heavy atom. The van der Waals surface area contributed by atoms with Crippen molar-refractivity contribution in [1.82, 2.24) is 10.2 Å². The Morgan fingerprint density at radius 1 is 1.26 bits per heavy atom. The fourth-order valence-corrected chi connectivity index (χ4v) is 3.58. The zero-order valence-electron chi connectivity index (χ0n) is 12.6. The van der Waals surface area contributed by atoms with Crippen molar-refractivity contribution in [2.75, 3.05) is 17.7 Å². The molecular formula is C14H16N4O3S2. The zero-order chi connectivity index (χ0) is 16.7. The molecule has 0 aliphatic heterocycles. The van der Waals surface area contributed by atoms with Gasteiger partial charge >= 0.3 is 12.0 Å². The van der Waals surface area contributed by atoms with E-state index in [0.717, 1.165) is 0 Å². The number of methoxy groups -OCH3 is 1. The van der Waals surface area contributed by atoms with Crippen LogP contribution in [-0.2, 0) is 9.53 Å². The predicted octanol–water partition coefficient (Wildman–Crippen LogP) is 3.23. The average Bonchev–Trinajstić information content (AvgIpc) is 2.99. The fraction of sp³-hybridized carbons (Fsp3) is 0.286. The van der Waals surface area contributed by atoms with Crippen LogP contribution in [0.3, 0.4) is 0 Å². The maximum Gasteiger partial charge on any atom is 0.325 e. The molecule has 23 heavy (non-hydrogen) atoms. The molecule has 9 heteroatoms. The van der Waals surface area contributed by atoms with E-state index in [-0.39, 0.29) is 11.2 Å². The van der Waals surface area contributed by atoms with Crippen LogP contribution in [0.15, 0.2) is 34.7 Å². The Morgan fingerprint density at radius 3 is 2.65 bits per heavy atom. The molecule has 1 heterocycles. The number of anilines is 2. The molecule has 0 bridgehead atoms. The molecule has 7 nitrogen and oxygen atoms in total. The molecular weight excluding hydrogens is 336 g/mol. The van der Waals surface area contributed by atoms with Gasteiger partial charge in [-0.1, -0.05) is 48.2 Å². The number of carbonyl (C=O) groups excluding carboxylic acids is 2. The Bertz CT molecular complexity index is 663. The fourth-order valence-electron chi connectivity index (χ4n) is 1.64. The van der Waals surface area contributed by atoms with E-state index < -0.39 is 6.03 Å². The van der Waals surface area contributed by atoms with Crippen LogP contribution in [0.5, 0.6) is 0 Å². The number of aromatic nitrogens is 2. The second-order valence-electron chi connectivity index (χ2n) is 4.36. The lowest BCUT2D eigenvalue weighted by Gasteiger charge is -2.08. The molecule has 1 unspecified atom stereocenters. The number of thioether (sulfide) groups is 1. The third kappa shape index (κ3) is 5.22. The lowest BCUT2D eigenvalue weighted by molar-refractivity contribution is -0.140. The number of nitrogens with one attached hydrogen (secondary N) is 2. The van der Waals surface area contributed by atoms with E-state index in [4.69, 9.17) is 4.74 Å². The van der Waals surface area contributed by atoms with Crippen LogP contribution in [0.25, 0.3) is 0 Å². The molecule has 1 aromatic heterocycles. The maximum atomic E-state index is 11.9. The summed E-state index contributed by atoms with van der Waals surface area (Å²) in [4.78, 5) is 23.4. The summed E-state index contributed by atoms with van der Waals surface area (Å²) in [5.74, 6) is -0.302. The van der Waals surface area contributed by atoms with E-state index in [2.05, 4.69) is 20.8 Å². The number of benzene rings is 1. The molecule has 2 N–H and O–H groups in total. The molecule has 2 rings (SSSR count). The van der Waals surface area contributed by atoms with Gasteiger partial charge in [-0.25, -0.2) is 4.79 Å². The highest BCUT2D eigenvalue weighted by Crippen LogP contribution is 2.30. The zero-order valence-corrected chi connectivity index (χ0v) is 14.2. The quantitative estimate of drug-likeness (QED) is 0.471. The Labute approximate surface area is 141 Å². The van der Waals surface area contributed by atoms with Crippen molar-refractivity contribution in [3.8, 4) is 0 Å². The van der Waals surface area contributed by atoms with Crippen molar-refractivity contribution in [3.05, 3.63) is 30.3 Å². The van der Waals surface area contributed by atoms with E-state index in [9.17, 15) is 9.59 Å². The van der Waals surface area contributed by atoms with E-state index in [1.165, 1.54) is 30.2 Å². The molecule has 0 radical (unpaired) electrons. The molecule has 0 saturated carbocycles. The van der Waals surface area contributed by atoms with Crippen LogP contribution in [0, 0.1) is 0 Å². The largest absolute Gasteiger partial charge is 0.468 e. The van der Waals surface area contributed by atoms with Crippen molar-refractivity contribution in [3.63, 3.8) is 0 Å². The van der Waals surface area contributed by atoms with E-state index in [0.29, 0.717) is 21.6 Å². The molecule has 0 fully saturated rings. The third-order valence-electron chi connectivity index (χ3n) is 2.74. The Kier molecular flexibility index (Phi) is 6.36. The first-order valence-electron chi connectivity index (χ1n) is 6.83. The van der Waals surface area contributed by atoms with E-state index >= 15 is 0 Å². The highest BCUT2D eigenvalue weighted by molar-refractivity contribution is 8.02. The van der Waals surface area contributed by atoms with Gasteiger partial charge in [0.05, 0.1) is 7.11 Å². The Hall–Kier alpha value is -2.13. The molecule has 1 aromatic carbocycles. The predicted molar refractivity (Wildman–Crippen MR) is 90.9 cm³/mol. The van der Waals surface area contributed by atoms with Crippen LogP contribution >= 0.6 is 23.1 Å². The normalized spacial score (nSPS) is 11.6. The van der Waals surface area contributed by atoms with Crippen LogP contribution in [-0.4, -0.2) is 34.6 Å². The summed E-state index contributed by atoms with van der Waals surface area (Å²) in [7, 11) is 1.35. The molecule has 2 amide bonds. The number of carbonyl (C=O) groups is 2. The minimum atomic E-state index is -0.399. The lowest BCUT2D eigenvalue weighted by Crippen LogP contribution is -2.19. The van der Waals surface area contributed by atoms with E-state index in [1.54, 1.807) is 12.1 Å². The summed E-state index contributed by atoms with van der Waals surface area (Å²) in [6.45, 7) is 1.89. The van der Waals surface area contributed by atoms with Gasteiger partial charge in [-0.2, -0.15) is 0 Å². The summed E-state index contributed by atoms with van der Waals surface area (Å²) in [6, 6.07) is 8.68. The van der Waals surface area contributed by atoms with Crippen LogP contribution < -0.4 is 10.6 Å². The van der Waals surface area contributed by atoms with Crippen LogP contribution in [0.4, 0.5) is 15.6 Å². The van der Waals surface area contributed by atoms with Gasteiger partial charge in [-0.05, 0) is 18.6 Å². The summed E-state index contributed by atoms with van der Waals surface area (Å²) in [6.07, 6.45) is 0.619. The molecule has 0 spiro atoms. The Balaban J connectivity index is 1.91. The third-order valence-corrected chi connectivity index (χ3v) is 5.00. The van der Waals surface area contributed by atoms with Crippen molar-refractivity contribution in [2.24, 2.45) is 0 Å². The van der Waals surface area contributed by atoms with Crippen molar-refractivity contribution < 1.29 is 14.3 Å². The number of hydrogen-bond acceptors (Lipinski definition) is 7. The highest BCUT2D eigenvalue weighted by atomic mass is 32.2. The number of rotatable bonds is 6. The van der Waals surface area contributed by atoms with E-state index in [1.807, 2.05) is 25.1 Å². The smallest absolute Gasteiger partial charge is 0.325 e. The first-order valence-corrected chi connectivity index (χ1v) is 8.53. The number of hydrogen-bond donors (Lipinski definition) is 2. The number of para-hydroxylation sites is 1. The monoisotopic (exact) mass is 352 g/mol. The summed E-state index contributed by atoms with van der Waals surface area (Å²) in [5, 5.41) is 13.2. The van der Waals surface area contributed by atoms with Crippen LogP contribution in [0.1, 0.15) is 13.3 Å². The van der Waals surface area contributed by atoms with Gasteiger partial charge in [0.15, 0.2) is 4.34 Å². The minimum absolute atomic E-state index is 0.302. The van der Waals surface area contributed by atoms with Gasteiger partial charge in [0, 0.05) is 5.69 Å². The van der Waals surface area contributed by atoms with Gasteiger partial charge in [-0.15, -0.1) is 10.2 Å². The molecule has 0 saturated heterocycles. The number of amides is 2. The van der Waals surface area contributed by atoms with Crippen molar-refractivity contribution >= 4 is 45.9 Å². The molecule has 0 aliphatic rings. The van der Waals surface area contributed by atoms with Gasteiger partial charge in [0.2, 0.25) is 5.13 Å². The lowest BCUT2D eigenvalue weighted by atomic mass is 10.3. The summed E-state index contributed by atoms with van der Waals surface area (Å²) < 4.78 is 5.32. The first kappa shape index (κ1) is 17.2. The van der Waals surface area contributed by atoms with Gasteiger partial charge < -0.3 is 10.1 Å². The molecule has 0 aliphatic carbocycles. The summed E-state index contributed by atoms with van der Waals surface area (Å²) >= 11 is 2.48. The number of esters is 1. The standard InChI is InChI=1S/C14H16N4O3S2/c1-3-10(11(19)21-2)22-14-18-17-13(23-14)16-12(20)15-9-7-5-4-6-8-9/h4-8,10H,3H2,1-2H3,(H2,15,16,17,20). The maximum absolute atomic E-state index is 11.9. The average molecular weight is 352 g/mol. The first-order chi connectivity index (χ1) is 11.1. The number of ether oxygens (including phenoxy) is 1. The summed E-state index contributed by atoms with van der Waals surface area (Å²) in [5.41, 5.74) is 0.681. The number of urea groups is 1. The number of nitrogens with zero attached hydrogens (tertiary/aromatic N) is 2. The molecule has 122 valence electrons. The van der Waals surface area contributed by atoms with Gasteiger partial charge in [0.25, 0.3) is 0 Å². The van der Waals surface area contributed by atoms with Crippen LogP contribution in [0.2, 0.25) is 0 Å². The minimum Gasteiger partial charge on any atom is -0.468 e. The van der Waals surface area contributed by atoms with Gasteiger partial charge in [-0.3, -0.25) is 10.1 Å². The highest BCUT2D eigenvalue weighted by Gasteiger charge is 2.21. The van der Waals surface area contributed by atoms with Crippen molar-refractivity contribution in [1.29, 1.82) is 0 Å². The topological polar surface area (TPSA) is 93.2 Å². The molecule has 2 aromatic rings. The second-order valence-corrected chi connectivity index (χ2v) is 6.78. The SMILES string of the molecule is CCC(Sc1nnc(NC(=O)Nc2ccccc2)s1)C(=O)OC.